The molecule has 0 aromatic heterocycles. The maximum absolute atomic E-state index is 9.25. The van der Waals surface area contributed by atoms with Crippen LogP contribution in [-0.4, -0.2) is 44.8 Å². The fraction of sp³-hybridized carbons (Fsp3) is 1.00. The summed E-state index contributed by atoms with van der Waals surface area (Å²) < 4.78 is 0. The average molecular weight is 160 g/mol. The summed E-state index contributed by atoms with van der Waals surface area (Å²) in [6.07, 6.45) is -2.86. The second kappa shape index (κ2) is 2.17. The van der Waals surface area contributed by atoms with Gasteiger partial charge in [-0.3, -0.25) is 0 Å². The number of hydrogen-bond acceptors (Lipinski definition) is 4. The molecule has 0 aromatic rings. The van der Waals surface area contributed by atoms with Crippen LogP contribution in [-0.2, 0) is 0 Å². The van der Waals surface area contributed by atoms with Crippen molar-refractivity contribution in [2.75, 3.05) is 0 Å². The molecule has 0 aliphatic heterocycles. The molecule has 0 saturated heterocycles. The van der Waals surface area contributed by atoms with Crippen LogP contribution in [0, 0.1) is 11.8 Å². The first-order chi connectivity index (χ1) is 5.13. The van der Waals surface area contributed by atoms with Gasteiger partial charge < -0.3 is 20.4 Å². The van der Waals surface area contributed by atoms with Crippen LogP contribution in [0.4, 0.5) is 0 Å². The lowest BCUT2D eigenvalue weighted by atomic mass is 9.90. The van der Waals surface area contributed by atoms with E-state index in [2.05, 4.69) is 0 Å². The molecule has 11 heavy (non-hydrogen) atoms. The van der Waals surface area contributed by atoms with Crippen molar-refractivity contribution < 1.29 is 20.4 Å². The molecule has 0 heterocycles. The Labute approximate surface area is 64.1 Å². The molecule has 2 unspecified atom stereocenters. The van der Waals surface area contributed by atoms with Crippen molar-refractivity contribution in [3.05, 3.63) is 0 Å². The van der Waals surface area contributed by atoms with E-state index < -0.39 is 24.4 Å². The van der Waals surface area contributed by atoms with Gasteiger partial charge in [0.25, 0.3) is 0 Å². The quantitative estimate of drug-likeness (QED) is 0.333. The number of hydrogen-bond donors (Lipinski definition) is 4. The first kappa shape index (κ1) is 7.49. The Morgan fingerprint density at radius 2 is 0.909 bits per heavy atom. The van der Waals surface area contributed by atoms with Gasteiger partial charge in [0.05, 0.1) is 24.4 Å². The van der Waals surface area contributed by atoms with E-state index in [1.54, 1.807) is 0 Å². The molecule has 4 nitrogen and oxygen atoms in total. The van der Waals surface area contributed by atoms with Gasteiger partial charge in [0.15, 0.2) is 0 Å². The summed E-state index contributed by atoms with van der Waals surface area (Å²) in [5, 5.41) is 37.0. The third-order valence-corrected chi connectivity index (χ3v) is 3.00. The molecule has 2 rings (SSSR count). The van der Waals surface area contributed by atoms with Crippen molar-refractivity contribution in [3.8, 4) is 0 Å². The van der Waals surface area contributed by atoms with Crippen molar-refractivity contribution in [2.24, 2.45) is 11.8 Å². The minimum Gasteiger partial charge on any atom is -0.390 e. The lowest BCUT2D eigenvalue weighted by Gasteiger charge is -2.30. The van der Waals surface area contributed by atoms with Gasteiger partial charge in [-0.25, -0.2) is 0 Å². The number of aliphatic hydroxyl groups is 4. The highest BCUT2D eigenvalue weighted by Crippen LogP contribution is 2.44. The largest absolute Gasteiger partial charge is 0.390 e. The van der Waals surface area contributed by atoms with Crippen LogP contribution in [0.5, 0.6) is 0 Å². The van der Waals surface area contributed by atoms with Crippen LogP contribution in [0.1, 0.15) is 6.42 Å². The lowest BCUT2D eigenvalue weighted by molar-refractivity contribution is -0.116. The van der Waals surface area contributed by atoms with Gasteiger partial charge in [0.1, 0.15) is 0 Å². The van der Waals surface area contributed by atoms with Crippen LogP contribution in [0.3, 0.4) is 0 Å². The Hall–Kier alpha value is -0.160. The maximum atomic E-state index is 9.25. The van der Waals surface area contributed by atoms with Gasteiger partial charge in [-0.15, -0.1) is 0 Å². The summed E-state index contributed by atoms with van der Waals surface area (Å²) in [6, 6.07) is 0. The fourth-order valence-corrected chi connectivity index (χ4v) is 2.29. The summed E-state index contributed by atoms with van der Waals surface area (Å²) in [6.45, 7) is 0. The van der Waals surface area contributed by atoms with Crippen molar-refractivity contribution in [1.29, 1.82) is 0 Å². The van der Waals surface area contributed by atoms with Crippen LogP contribution in [0.25, 0.3) is 0 Å². The van der Waals surface area contributed by atoms with Gasteiger partial charge in [0, 0.05) is 11.8 Å². The molecule has 4 N–H and O–H groups in total. The number of rotatable bonds is 0. The van der Waals surface area contributed by atoms with Crippen molar-refractivity contribution >= 4 is 0 Å². The molecule has 2 fully saturated rings. The zero-order valence-electron chi connectivity index (χ0n) is 5.96. The van der Waals surface area contributed by atoms with Gasteiger partial charge in [0.2, 0.25) is 0 Å². The van der Waals surface area contributed by atoms with Crippen LogP contribution in [0.2, 0.25) is 0 Å². The Bertz CT molecular complexity index is 138. The fourth-order valence-electron chi connectivity index (χ4n) is 2.29. The van der Waals surface area contributed by atoms with E-state index >= 15 is 0 Å². The molecule has 0 aromatic carbocycles. The van der Waals surface area contributed by atoms with Crippen molar-refractivity contribution in [3.63, 3.8) is 0 Å². The zero-order valence-corrected chi connectivity index (χ0v) is 5.96. The normalized spacial score (nSPS) is 62.2. The Kier molecular flexibility index (Phi) is 1.47. The molecule has 2 saturated carbocycles. The molecular formula is C7H12O4. The van der Waals surface area contributed by atoms with E-state index in [1.165, 1.54) is 0 Å². The standard InChI is InChI=1S/C7H12O4/c8-4-2-1-3(6(4)10)7(11)5(2)9/h2-11H,1H2/t2?,3?,4-,5-,6-,7+/m1/s1. The monoisotopic (exact) mass is 160 g/mol. The number of aliphatic hydroxyl groups excluding tert-OH is 4. The predicted molar refractivity (Wildman–Crippen MR) is 35.6 cm³/mol. The van der Waals surface area contributed by atoms with Crippen molar-refractivity contribution in [1.82, 2.24) is 0 Å². The first-order valence-electron chi connectivity index (χ1n) is 3.85. The van der Waals surface area contributed by atoms with E-state index in [1.807, 2.05) is 0 Å². The van der Waals surface area contributed by atoms with Crippen LogP contribution >= 0.6 is 0 Å². The third kappa shape index (κ3) is 0.780. The Morgan fingerprint density at radius 1 is 0.636 bits per heavy atom. The molecule has 4 heteroatoms. The summed E-state index contributed by atoms with van der Waals surface area (Å²) in [5.41, 5.74) is 0. The molecule has 2 aliphatic carbocycles. The molecule has 6 atom stereocenters. The third-order valence-electron chi connectivity index (χ3n) is 3.00. The SMILES string of the molecule is O[C@@H]1C2CC([C@H]1O)[C@H](O)[C@@H]2O. The van der Waals surface area contributed by atoms with E-state index in [0.717, 1.165) is 0 Å². The van der Waals surface area contributed by atoms with E-state index in [-0.39, 0.29) is 11.8 Å². The average Bonchev–Trinajstić information content (AvgIpc) is 2.40. The second-order valence-electron chi connectivity index (χ2n) is 3.53. The van der Waals surface area contributed by atoms with Crippen LogP contribution in [0.15, 0.2) is 0 Å². The maximum Gasteiger partial charge on any atom is 0.0856 e. The summed E-state index contributed by atoms with van der Waals surface area (Å²) >= 11 is 0. The van der Waals surface area contributed by atoms with Gasteiger partial charge in [-0.05, 0) is 6.42 Å². The van der Waals surface area contributed by atoms with Crippen LogP contribution < -0.4 is 0 Å². The zero-order chi connectivity index (χ0) is 8.17. The molecule has 64 valence electrons. The topological polar surface area (TPSA) is 80.9 Å². The molecule has 0 amide bonds. The van der Waals surface area contributed by atoms with Gasteiger partial charge >= 0.3 is 0 Å². The molecule has 2 bridgehead atoms. The molecular weight excluding hydrogens is 148 g/mol. The highest BCUT2D eigenvalue weighted by molar-refractivity contribution is 5.06. The van der Waals surface area contributed by atoms with Gasteiger partial charge in [-0.2, -0.15) is 0 Å². The van der Waals surface area contributed by atoms with Gasteiger partial charge in [-0.1, -0.05) is 0 Å². The molecule has 0 spiro atoms. The number of fused-ring (bicyclic) bond motifs is 2. The molecule has 2 aliphatic rings. The Morgan fingerprint density at radius 3 is 1.09 bits per heavy atom. The summed E-state index contributed by atoms with van der Waals surface area (Å²) in [7, 11) is 0. The van der Waals surface area contributed by atoms with E-state index in [0.29, 0.717) is 6.42 Å². The minimum absolute atomic E-state index is 0.329. The highest BCUT2D eigenvalue weighted by Gasteiger charge is 2.56. The van der Waals surface area contributed by atoms with Crippen molar-refractivity contribution in [2.45, 2.75) is 30.8 Å². The Balaban J connectivity index is 2.21. The second-order valence-corrected chi connectivity index (χ2v) is 3.53. The molecule has 0 radical (unpaired) electrons. The predicted octanol–water partition coefficient (Wildman–Crippen LogP) is -1.92. The lowest BCUT2D eigenvalue weighted by Crippen LogP contribution is -2.47. The summed E-state index contributed by atoms with van der Waals surface area (Å²) in [4.78, 5) is 0. The van der Waals surface area contributed by atoms with E-state index in [4.69, 9.17) is 0 Å². The summed E-state index contributed by atoms with van der Waals surface area (Å²) in [5.74, 6) is -0.657. The van der Waals surface area contributed by atoms with E-state index in [9.17, 15) is 20.4 Å². The smallest absolute Gasteiger partial charge is 0.0856 e. The highest BCUT2D eigenvalue weighted by atomic mass is 16.4. The minimum atomic E-state index is -0.849. The first-order valence-corrected chi connectivity index (χ1v) is 3.85.